The van der Waals surface area contributed by atoms with E-state index in [4.69, 9.17) is 9.84 Å². The number of hydrogen-bond acceptors (Lipinski definition) is 6. The predicted octanol–water partition coefficient (Wildman–Crippen LogP) is 1.57. The van der Waals surface area contributed by atoms with Crippen LogP contribution in [0.5, 0.6) is 5.75 Å². The number of nitrogens with one attached hydrogen (secondary N) is 2. The molecule has 0 bridgehead atoms. The Morgan fingerprint density at radius 3 is 2.31 bits per heavy atom. The topological polar surface area (TPSA) is 131 Å². The van der Waals surface area contributed by atoms with Crippen molar-refractivity contribution in [3.63, 3.8) is 0 Å². The highest BCUT2D eigenvalue weighted by atomic mass is 16.5. The van der Waals surface area contributed by atoms with Gasteiger partial charge in [0.05, 0.1) is 11.8 Å². The van der Waals surface area contributed by atoms with E-state index < -0.39 is 17.6 Å². The maximum absolute atomic E-state index is 12.5. The molecule has 0 saturated heterocycles. The normalized spacial score (nSPS) is 10.3. The minimum Gasteiger partial charge on any atom is -0.489 e. The number of ether oxygens (including phenoxy) is 1. The van der Waals surface area contributed by atoms with Crippen molar-refractivity contribution >= 4 is 23.5 Å². The summed E-state index contributed by atoms with van der Waals surface area (Å²) in [4.78, 5) is 43.0. The molecule has 2 amide bonds. The lowest BCUT2D eigenvalue weighted by atomic mass is 10.1. The van der Waals surface area contributed by atoms with Crippen molar-refractivity contribution in [2.75, 3.05) is 12.4 Å². The van der Waals surface area contributed by atoms with Gasteiger partial charge >= 0.3 is 5.97 Å². The predicted molar refractivity (Wildman–Crippen MR) is 92.5 cm³/mol. The molecule has 2 aromatic rings. The second-order valence-electron chi connectivity index (χ2n) is 5.47. The quantitative estimate of drug-likeness (QED) is 0.714. The molecule has 0 aliphatic rings. The minimum absolute atomic E-state index is 0.178. The van der Waals surface area contributed by atoms with Gasteiger partial charge in [-0.05, 0) is 32.0 Å². The van der Waals surface area contributed by atoms with Crippen LogP contribution in [0.3, 0.4) is 0 Å². The van der Waals surface area contributed by atoms with Gasteiger partial charge in [0.15, 0.2) is 11.4 Å². The Morgan fingerprint density at radius 1 is 1.08 bits per heavy atom. The molecular formula is C17H18N4O5. The average molecular weight is 358 g/mol. The zero-order chi connectivity index (χ0) is 19.3. The van der Waals surface area contributed by atoms with Gasteiger partial charge in [0.2, 0.25) is 0 Å². The van der Waals surface area contributed by atoms with Crippen LogP contribution < -0.4 is 15.4 Å². The molecule has 0 spiro atoms. The molecule has 136 valence electrons. The molecule has 1 heterocycles. The van der Waals surface area contributed by atoms with E-state index in [1.165, 1.54) is 25.5 Å². The molecule has 0 aliphatic heterocycles. The number of hydrogen-bond donors (Lipinski definition) is 3. The van der Waals surface area contributed by atoms with Crippen molar-refractivity contribution in [2.45, 2.75) is 20.0 Å². The molecule has 0 atom stereocenters. The molecule has 9 nitrogen and oxygen atoms in total. The highest BCUT2D eigenvalue weighted by molar-refractivity contribution is 6.09. The summed E-state index contributed by atoms with van der Waals surface area (Å²) >= 11 is 0. The summed E-state index contributed by atoms with van der Waals surface area (Å²) in [5.74, 6) is -2.16. The summed E-state index contributed by atoms with van der Waals surface area (Å²) in [7, 11) is 1.48. The number of carbonyl (C=O) groups is 3. The van der Waals surface area contributed by atoms with Gasteiger partial charge in [-0.2, -0.15) is 0 Å². The zero-order valence-corrected chi connectivity index (χ0v) is 14.4. The highest BCUT2D eigenvalue weighted by Crippen LogP contribution is 2.27. The standard InChI is InChI=1S/C17H18N4O5/c1-9(2)26-12-5-4-10(15(22)18-3)8-11(12)21-16(23)13-14(17(24)25)20-7-6-19-13/h4-9H,1-3H3,(H,18,22)(H,21,23)(H,24,25). The Balaban J connectivity index is 2.41. The molecule has 0 unspecified atom stereocenters. The maximum Gasteiger partial charge on any atom is 0.356 e. The number of benzene rings is 1. The number of carboxylic acids is 1. The Morgan fingerprint density at radius 2 is 1.73 bits per heavy atom. The number of amides is 2. The molecule has 1 aromatic heterocycles. The van der Waals surface area contributed by atoms with Crippen molar-refractivity contribution in [3.8, 4) is 5.75 Å². The number of aromatic nitrogens is 2. The number of aromatic carboxylic acids is 1. The minimum atomic E-state index is -1.37. The van der Waals surface area contributed by atoms with Gasteiger partial charge in [-0.15, -0.1) is 0 Å². The molecule has 2 rings (SSSR count). The molecule has 3 N–H and O–H groups in total. The number of carbonyl (C=O) groups excluding carboxylic acids is 2. The van der Waals surface area contributed by atoms with Gasteiger partial charge in [0, 0.05) is 25.0 Å². The van der Waals surface area contributed by atoms with E-state index in [0.29, 0.717) is 11.3 Å². The number of anilines is 1. The van der Waals surface area contributed by atoms with Gasteiger partial charge in [-0.1, -0.05) is 0 Å². The van der Waals surface area contributed by atoms with Crippen molar-refractivity contribution in [1.29, 1.82) is 0 Å². The van der Waals surface area contributed by atoms with Crippen molar-refractivity contribution in [3.05, 3.63) is 47.5 Å². The fourth-order valence-corrected chi connectivity index (χ4v) is 2.11. The lowest BCUT2D eigenvalue weighted by Gasteiger charge is -2.16. The van der Waals surface area contributed by atoms with Crippen LogP contribution in [-0.2, 0) is 0 Å². The van der Waals surface area contributed by atoms with E-state index in [9.17, 15) is 14.4 Å². The molecule has 9 heteroatoms. The molecule has 26 heavy (non-hydrogen) atoms. The lowest BCUT2D eigenvalue weighted by molar-refractivity contribution is 0.0684. The first-order chi connectivity index (χ1) is 12.3. The first kappa shape index (κ1) is 18.8. The number of rotatable bonds is 6. The Bertz CT molecular complexity index is 851. The number of carboxylic acid groups (broad SMARTS) is 1. The van der Waals surface area contributed by atoms with Crippen LogP contribution in [0.4, 0.5) is 5.69 Å². The second-order valence-corrected chi connectivity index (χ2v) is 5.47. The van der Waals surface area contributed by atoms with E-state index >= 15 is 0 Å². The third-order valence-corrected chi connectivity index (χ3v) is 3.20. The number of nitrogens with zero attached hydrogens (tertiary/aromatic N) is 2. The maximum atomic E-state index is 12.5. The van der Waals surface area contributed by atoms with Crippen LogP contribution >= 0.6 is 0 Å². The molecule has 0 fully saturated rings. The van der Waals surface area contributed by atoms with Gasteiger partial charge < -0.3 is 20.5 Å². The summed E-state index contributed by atoms with van der Waals surface area (Å²) < 4.78 is 5.63. The van der Waals surface area contributed by atoms with E-state index in [1.807, 2.05) is 13.8 Å². The summed E-state index contributed by atoms with van der Waals surface area (Å²) in [5, 5.41) is 14.2. The largest absolute Gasteiger partial charge is 0.489 e. The Labute approximate surface area is 149 Å². The first-order valence-electron chi connectivity index (χ1n) is 7.72. The van der Waals surface area contributed by atoms with Crippen molar-refractivity contribution in [2.24, 2.45) is 0 Å². The highest BCUT2D eigenvalue weighted by Gasteiger charge is 2.21. The van der Waals surface area contributed by atoms with Crippen LogP contribution in [-0.4, -0.2) is 46.0 Å². The van der Waals surface area contributed by atoms with Gasteiger partial charge in [-0.25, -0.2) is 14.8 Å². The van der Waals surface area contributed by atoms with E-state index in [2.05, 4.69) is 20.6 Å². The molecule has 0 saturated carbocycles. The monoisotopic (exact) mass is 358 g/mol. The third-order valence-electron chi connectivity index (χ3n) is 3.20. The molecular weight excluding hydrogens is 340 g/mol. The van der Waals surface area contributed by atoms with Crippen LogP contribution in [0.15, 0.2) is 30.6 Å². The molecule has 0 aliphatic carbocycles. The first-order valence-corrected chi connectivity index (χ1v) is 7.72. The summed E-state index contributed by atoms with van der Waals surface area (Å²) in [6.45, 7) is 3.62. The van der Waals surface area contributed by atoms with Gasteiger partial charge in [0.1, 0.15) is 5.75 Å². The van der Waals surface area contributed by atoms with Crippen molar-refractivity contribution < 1.29 is 24.2 Å². The lowest BCUT2D eigenvalue weighted by Crippen LogP contribution is -2.21. The van der Waals surface area contributed by atoms with Crippen LogP contribution in [0.1, 0.15) is 45.2 Å². The van der Waals surface area contributed by atoms with Gasteiger partial charge in [-0.3, -0.25) is 9.59 Å². The fourth-order valence-electron chi connectivity index (χ4n) is 2.11. The van der Waals surface area contributed by atoms with Crippen LogP contribution in [0.25, 0.3) is 0 Å². The second kappa shape index (κ2) is 8.06. The Kier molecular flexibility index (Phi) is 5.84. The summed E-state index contributed by atoms with van der Waals surface area (Å²) in [6, 6.07) is 4.54. The zero-order valence-electron chi connectivity index (χ0n) is 14.4. The van der Waals surface area contributed by atoms with E-state index in [0.717, 1.165) is 0 Å². The molecule has 0 radical (unpaired) electrons. The van der Waals surface area contributed by atoms with Crippen LogP contribution in [0.2, 0.25) is 0 Å². The fraction of sp³-hybridized carbons (Fsp3) is 0.235. The van der Waals surface area contributed by atoms with E-state index in [1.54, 1.807) is 12.1 Å². The summed E-state index contributed by atoms with van der Waals surface area (Å²) in [5.41, 5.74) is -0.303. The Hall–Kier alpha value is -3.49. The van der Waals surface area contributed by atoms with Crippen molar-refractivity contribution in [1.82, 2.24) is 15.3 Å². The molecule has 1 aromatic carbocycles. The van der Waals surface area contributed by atoms with Crippen LogP contribution in [0, 0.1) is 0 Å². The third kappa shape index (κ3) is 4.32. The SMILES string of the molecule is CNC(=O)c1ccc(OC(C)C)c(NC(=O)c2nccnc2C(=O)O)c1. The van der Waals surface area contributed by atoms with Gasteiger partial charge in [0.25, 0.3) is 11.8 Å². The smallest absolute Gasteiger partial charge is 0.356 e. The average Bonchev–Trinajstić information content (AvgIpc) is 2.61. The van der Waals surface area contributed by atoms with E-state index in [-0.39, 0.29) is 23.4 Å². The summed E-state index contributed by atoms with van der Waals surface area (Å²) in [6.07, 6.45) is 2.22.